The van der Waals surface area contributed by atoms with Crippen molar-refractivity contribution in [3.05, 3.63) is 23.8 Å². The van der Waals surface area contributed by atoms with Crippen LogP contribution in [0, 0.1) is 5.92 Å². The van der Waals surface area contributed by atoms with Crippen LogP contribution in [0.4, 0.5) is 0 Å². The maximum Gasteiger partial charge on any atom is 0.308 e. The fraction of sp³-hybridized carbons (Fsp3) is 0.500. The van der Waals surface area contributed by atoms with Crippen molar-refractivity contribution in [2.24, 2.45) is 5.92 Å². The summed E-state index contributed by atoms with van der Waals surface area (Å²) in [4.78, 5) is 25.5. The van der Waals surface area contributed by atoms with Crippen molar-refractivity contribution in [3.63, 3.8) is 0 Å². The third kappa shape index (κ3) is 2.86. The Balaban J connectivity index is 2.56. The van der Waals surface area contributed by atoms with Crippen molar-refractivity contribution in [2.75, 3.05) is 20.8 Å². The number of rotatable bonds is 5. The average Bonchev–Trinajstić information content (AvgIpc) is 2.53. The number of amides is 1. The SMILES string of the molecule is CCN1C(=O)CC[C@H](C(=O)O)[C@@H]1c1cc(OC)ccc1OC. The van der Waals surface area contributed by atoms with E-state index in [-0.39, 0.29) is 12.3 Å². The molecule has 6 nitrogen and oxygen atoms in total. The van der Waals surface area contributed by atoms with Gasteiger partial charge in [0.05, 0.1) is 26.2 Å². The van der Waals surface area contributed by atoms with Gasteiger partial charge < -0.3 is 19.5 Å². The minimum Gasteiger partial charge on any atom is -0.497 e. The monoisotopic (exact) mass is 307 g/mol. The highest BCUT2D eigenvalue weighted by Gasteiger charge is 2.41. The van der Waals surface area contributed by atoms with E-state index in [9.17, 15) is 14.7 Å². The molecule has 1 aliphatic rings. The van der Waals surface area contributed by atoms with Crippen molar-refractivity contribution < 1.29 is 24.2 Å². The number of aliphatic carboxylic acids is 1. The summed E-state index contributed by atoms with van der Waals surface area (Å²) in [5.41, 5.74) is 0.671. The van der Waals surface area contributed by atoms with Gasteiger partial charge in [0, 0.05) is 18.5 Å². The molecule has 2 atom stereocenters. The number of hydrogen-bond donors (Lipinski definition) is 1. The molecule has 0 aliphatic carbocycles. The summed E-state index contributed by atoms with van der Waals surface area (Å²) >= 11 is 0. The maximum absolute atomic E-state index is 12.2. The first-order valence-electron chi connectivity index (χ1n) is 7.27. The molecule has 1 aromatic rings. The Kier molecular flexibility index (Phi) is 4.90. The van der Waals surface area contributed by atoms with E-state index in [1.54, 1.807) is 30.2 Å². The number of ether oxygens (including phenoxy) is 2. The van der Waals surface area contributed by atoms with E-state index in [1.165, 1.54) is 7.11 Å². The fourth-order valence-corrected chi connectivity index (χ4v) is 3.04. The summed E-state index contributed by atoms with van der Waals surface area (Å²) in [7, 11) is 3.08. The summed E-state index contributed by atoms with van der Waals surface area (Å²) in [6.07, 6.45) is 0.587. The van der Waals surface area contributed by atoms with Gasteiger partial charge >= 0.3 is 5.97 Å². The van der Waals surface area contributed by atoms with Gasteiger partial charge in [-0.2, -0.15) is 0 Å². The van der Waals surface area contributed by atoms with Crippen molar-refractivity contribution in [1.29, 1.82) is 0 Å². The van der Waals surface area contributed by atoms with Gasteiger partial charge in [0.15, 0.2) is 0 Å². The van der Waals surface area contributed by atoms with Crippen molar-refractivity contribution >= 4 is 11.9 Å². The molecular formula is C16H21NO5. The quantitative estimate of drug-likeness (QED) is 0.901. The second kappa shape index (κ2) is 6.68. The second-order valence-electron chi connectivity index (χ2n) is 5.22. The van der Waals surface area contributed by atoms with Crippen LogP contribution in [0.3, 0.4) is 0 Å². The Morgan fingerprint density at radius 2 is 2.09 bits per heavy atom. The van der Waals surface area contributed by atoms with Crippen LogP contribution >= 0.6 is 0 Å². The minimum absolute atomic E-state index is 0.0325. The van der Waals surface area contributed by atoms with E-state index in [0.29, 0.717) is 30.0 Å². The zero-order valence-corrected chi connectivity index (χ0v) is 13.0. The van der Waals surface area contributed by atoms with Crippen LogP contribution in [0.15, 0.2) is 18.2 Å². The molecule has 1 N–H and O–H groups in total. The van der Waals surface area contributed by atoms with Gasteiger partial charge in [-0.25, -0.2) is 0 Å². The van der Waals surface area contributed by atoms with Crippen LogP contribution in [0.2, 0.25) is 0 Å². The lowest BCUT2D eigenvalue weighted by atomic mass is 9.84. The number of likely N-dealkylation sites (tertiary alicyclic amines) is 1. The summed E-state index contributed by atoms with van der Waals surface area (Å²) < 4.78 is 10.6. The Labute approximate surface area is 129 Å². The van der Waals surface area contributed by atoms with E-state index in [2.05, 4.69) is 0 Å². The van der Waals surface area contributed by atoms with E-state index in [4.69, 9.17) is 9.47 Å². The number of carbonyl (C=O) groups is 2. The lowest BCUT2D eigenvalue weighted by Gasteiger charge is -2.39. The molecule has 0 saturated carbocycles. The Hall–Kier alpha value is -2.24. The molecule has 22 heavy (non-hydrogen) atoms. The van der Waals surface area contributed by atoms with Gasteiger partial charge in [0.1, 0.15) is 11.5 Å². The molecular weight excluding hydrogens is 286 g/mol. The van der Waals surface area contributed by atoms with Crippen molar-refractivity contribution in [2.45, 2.75) is 25.8 Å². The third-order valence-corrected chi connectivity index (χ3v) is 4.12. The van der Waals surface area contributed by atoms with E-state index in [0.717, 1.165) is 0 Å². The molecule has 2 rings (SSSR count). The number of benzene rings is 1. The Morgan fingerprint density at radius 3 is 2.64 bits per heavy atom. The molecule has 120 valence electrons. The van der Waals surface area contributed by atoms with Crippen LogP contribution in [0.1, 0.15) is 31.4 Å². The molecule has 0 spiro atoms. The molecule has 1 amide bonds. The van der Waals surface area contributed by atoms with Crippen LogP contribution in [0.5, 0.6) is 11.5 Å². The van der Waals surface area contributed by atoms with Crippen molar-refractivity contribution in [1.82, 2.24) is 4.90 Å². The molecule has 1 fully saturated rings. The minimum atomic E-state index is -0.902. The largest absolute Gasteiger partial charge is 0.497 e. The van der Waals surface area contributed by atoms with Gasteiger partial charge in [-0.3, -0.25) is 9.59 Å². The van der Waals surface area contributed by atoms with E-state index in [1.807, 2.05) is 6.92 Å². The van der Waals surface area contributed by atoms with Gasteiger partial charge in [-0.15, -0.1) is 0 Å². The molecule has 1 aliphatic heterocycles. The number of nitrogens with zero attached hydrogens (tertiary/aromatic N) is 1. The first-order chi connectivity index (χ1) is 10.5. The summed E-state index contributed by atoms with van der Waals surface area (Å²) in [5.74, 6) is -0.423. The number of methoxy groups -OCH3 is 2. The molecule has 1 heterocycles. The number of carbonyl (C=O) groups excluding carboxylic acids is 1. The highest BCUT2D eigenvalue weighted by Crippen LogP contribution is 2.41. The fourth-order valence-electron chi connectivity index (χ4n) is 3.04. The van der Waals surface area contributed by atoms with Crippen LogP contribution in [-0.4, -0.2) is 42.6 Å². The summed E-state index contributed by atoms with van der Waals surface area (Å²) in [6, 6.07) is 4.69. The zero-order chi connectivity index (χ0) is 16.3. The van der Waals surface area contributed by atoms with Crippen molar-refractivity contribution in [3.8, 4) is 11.5 Å². The lowest BCUT2D eigenvalue weighted by Crippen LogP contribution is -2.45. The molecule has 1 saturated heterocycles. The number of carboxylic acid groups (broad SMARTS) is 1. The molecule has 6 heteroatoms. The smallest absolute Gasteiger partial charge is 0.308 e. The summed E-state index contributed by atoms with van der Waals surface area (Å²) in [5, 5.41) is 9.55. The van der Waals surface area contributed by atoms with Gasteiger partial charge in [-0.05, 0) is 31.5 Å². The van der Waals surface area contributed by atoms with E-state index >= 15 is 0 Å². The molecule has 0 bridgehead atoms. The number of piperidine rings is 1. The Bertz CT molecular complexity index is 570. The number of hydrogen-bond acceptors (Lipinski definition) is 4. The van der Waals surface area contributed by atoms with Gasteiger partial charge in [-0.1, -0.05) is 0 Å². The first-order valence-corrected chi connectivity index (χ1v) is 7.27. The molecule has 0 unspecified atom stereocenters. The molecule has 1 aromatic carbocycles. The van der Waals surface area contributed by atoms with E-state index < -0.39 is 17.9 Å². The van der Waals surface area contributed by atoms with Gasteiger partial charge in [0.2, 0.25) is 5.91 Å². The first kappa shape index (κ1) is 16.1. The van der Waals surface area contributed by atoms with Crippen LogP contribution in [0.25, 0.3) is 0 Å². The van der Waals surface area contributed by atoms with Crippen LogP contribution < -0.4 is 9.47 Å². The predicted octanol–water partition coefficient (Wildman–Crippen LogP) is 2.09. The number of carboxylic acids is 1. The topological polar surface area (TPSA) is 76.1 Å². The van der Waals surface area contributed by atoms with Gasteiger partial charge in [0.25, 0.3) is 0 Å². The lowest BCUT2D eigenvalue weighted by molar-refractivity contribution is -0.151. The maximum atomic E-state index is 12.2. The second-order valence-corrected chi connectivity index (χ2v) is 5.22. The summed E-state index contributed by atoms with van der Waals surface area (Å²) in [6.45, 7) is 2.30. The van der Waals surface area contributed by atoms with Crippen LogP contribution in [-0.2, 0) is 9.59 Å². The standard InChI is InChI=1S/C16H21NO5/c1-4-17-14(18)8-6-11(16(19)20)15(17)12-9-10(21-2)5-7-13(12)22-3/h5,7,9,11,15H,4,6,8H2,1-3H3,(H,19,20)/t11-,15+/m0/s1. The highest BCUT2D eigenvalue weighted by molar-refractivity contribution is 5.82. The Morgan fingerprint density at radius 1 is 1.36 bits per heavy atom. The third-order valence-electron chi connectivity index (χ3n) is 4.12. The average molecular weight is 307 g/mol. The molecule has 0 radical (unpaired) electrons. The normalized spacial score (nSPS) is 21.6. The highest BCUT2D eigenvalue weighted by atomic mass is 16.5. The predicted molar refractivity (Wildman–Crippen MR) is 80.0 cm³/mol. The molecule has 0 aromatic heterocycles. The zero-order valence-electron chi connectivity index (χ0n) is 13.0.